The molecule has 26 heavy (non-hydrogen) atoms. The minimum Gasteiger partial charge on any atom is -0.339 e. The maximum absolute atomic E-state index is 12.3. The van der Waals surface area contributed by atoms with E-state index < -0.39 is 0 Å². The molecule has 0 aliphatic carbocycles. The summed E-state index contributed by atoms with van der Waals surface area (Å²) in [7, 11) is 0. The fourth-order valence-electron chi connectivity index (χ4n) is 2.25. The molecule has 2 aromatic carbocycles. The molecule has 7 heteroatoms. The number of nitrogens with one attached hydrogen (secondary N) is 2. The number of anilines is 3. The average molecular weight is 364 g/mol. The molecule has 0 aliphatic rings. The summed E-state index contributed by atoms with van der Waals surface area (Å²) in [5, 5.41) is 23.2. The number of carbonyl (C=O) groups excluding carboxylic acids is 1. The molecule has 0 bridgehead atoms. The average Bonchev–Trinajstić information content (AvgIpc) is 2.65. The van der Waals surface area contributed by atoms with Gasteiger partial charge in [0.2, 0.25) is 0 Å². The normalized spacial score (nSPS) is 10.0. The number of nitriles is 1. The molecule has 0 fully saturated rings. The minimum atomic E-state index is -0.354. The van der Waals surface area contributed by atoms with Crippen molar-refractivity contribution in [1.82, 2.24) is 10.2 Å². The quantitative estimate of drug-likeness (QED) is 0.720. The first-order chi connectivity index (χ1) is 12.5. The van der Waals surface area contributed by atoms with E-state index in [-0.39, 0.29) is 11.6 Å². The van der Waals surface area contributed by atoms with Crippen LogP contribution in [0.3, 0.4) is 0 Å². The van der Waals surface area contributed by atoms with E-state index in [1.165, 1.54) is 0 Å². The summed E-state index contributed by atoms with van der Waals surface area (Å²) >= 11 is 5.91. The van der Waals surface area contributed by atoms with Crippen LogP contribution in [0.5, 0.6) is 0 Å². The molecule has 1 amide bonds. The lowest BCUT2D eigenvalue weighted by Gasteiger charge is -2.09. The maximum atomic E-state index is 12.3. The highest BCUT2D eigenvalue weighted by Gasteiger charge is 2.10. The number of nitrogens with zero attached hydrogens (tertiary/aromatic N) is 3. The van der Waals surface area contributed by atoms with Crippen LogP contribution in [-0.2, 0) is 0 Å². The molecular formula is C19H14ClN5O. The second-order valence-electron chi connectivity index (χ2n) is 5.53. The molecule has 0 aliphatic heterocycles. The van der Waals surface area contributed by atoms with Gasteiger partial charge in [0.15, 0.2) is 11.5 Å². The minimum absolute atomic E-state index is 0.199. The third-order valence-corrected chi connectivity index (χ3v) is 3.86. The molecule has 0 saturated heterocycles. The molecule has 0 saturated carbocycles. The van der Waals surface area contributed by atoms with Crippen molar-refractivity contribution in [3.05, 3.63) is 76.4 Å². The van der Waals surface area contributed by atoms with E-state index in [0.717, 1.165) is 11.3 Å². The highest BCUT2D eigenvalue weighted by molar-refractivity contribution is 6.30. The lowest BCUT2D eigenvalue weighted by Crippen LogP contribution is -2.15. The van der Waals surface area contributed by atoms with E-state index in [0.29, 0.717) is 22.1 Å². The topological polar surface area (TPSA) is 90.7 Å². The standard InChI is InChI=1S/C19H14ClN5O/c1-12-10-14(20)4-7-16(12)23-19(26)17-8-9-18(25-24-17)22-15-5-2-13(11-21)3-6-15/h2-10H,1H3,(H,22,25)(H,23,26). The number of benzene rings is 2. The third kappa shape index (κ3) is 4.15. The van der Waals surface area contributed by atoms with E-state index in [1.807, 2.05) is 6.92 Å². The lowest BCUT2D eigenvalue weighted by atomic mass is 10.2. The Morgan fingerprint density at radius 1 is 1.08 bits per heavy atom. The van der Waals surface area contributed by atoms with Gasteiger partial charge in [-0.05, 0) is 67.1 Å². The van der Waals surface area contributed by atoms with Gasteiger partial charge in [0.25, 0.3) is 5.91 Å². The molecule has 128 valence electrons. The summed E-state index contributed by atoms with van der Waals surface area (Å²) in [5.41, 5.74) is 3.07. The number of hydrogen-bond donors (Lipinski definition) is 2. The molecule has 1 aromatic heterocycles. The van der Waals surface area contributed by atoms with Crippen molar-refractivity contribution in [3.63, 3.8) is 0 Å². The van der Waals surface area contributed by atoms with E-state index in [2.05, 4.69) is 26.9 Å². The van der Waals surface area contributed by atoms with Crippen molar-refractivity contribution < 1.29 is 4.79 Å². The lowest BCUT2D eigenvalue weighted by molar-refractivity contribution is 0.102. The van der Waals surface area contributed by atoms with Crippen molar-refractivity contribution in [2.45, 2.75) is 6.92 Å². The zero-order valence-corrected chi connectivity index (χ0v) is 14.6. The second-order valence-corrected chi connectivity index (χ2v) is 5.97. The third-order valence-electron chi connectivity index (χ3n) is 3.62. The summed E-state index contributed by atoms with van der Waals surface area (Å²) in [6, 6.07) is 17.5. The molecule has 0 atom stereocenters. The number of carbonyl (C=O) groups is 1. The van der Waals surface area contributed by atoms with Gasteiger partial charge in [-0.3, -0.25) is 4.79 Å². The number of rotatable bonds is 4. The van der Waals surface area contributed by atoms with Crippen molar-refractivity contribution in [1.29, 1.82) is 5.26 Å². The van der Waals surface area contributed by atoms with Crippen molar-refractivity contribution >= 4 is 34.7 Å². The Morgan fingerprint density at radius 3 is 2.46 bits per heavy atom. The summed E-state index contributed by atoms with van der Waals surface area (Å²) in [4.78, 5) is 12.3. The second kappa shape index (κ2) is 7.64. The zero-order chi connectivity index (χ0) is 18.5. The smallest absolute Gasteiger partial charge is 0.276 e. The summed E-state index contributed by atoms with van der Waals surface area (Å²) < 4.78 is 0. The Balaban J connectivity index is 1.68. The molecular weight excluding hydrogens is 350 g/mol. The highest BCUT2D eigenvalue weighted by Crippen LogP contribution is 2.20. The number of hydrogen-bond acceptors (Lipinski definition) is 5. The number of halogens is 1. The van der Waals surface area contributed by atoms with Crippen LogP contribution in [0, 0.1) is 18.3 Å². The largest absolute Gasteiger partial charge is 0.339 e. The molecule has 0 spiro atoms. The Bertz CT molecular complexity index is 978. The van der Waals surface area contributed by atoms with Crippen LogP contribution in [0.1, 0.15) is 21.6 Å². The van der Waals surface area contributed by atoms with Crippen LogP contribution < -0.4 is 10.6 Å². The van der Waals surface area contributed by atoms with Crippen molar-refractivity contribution in [3.8, 4) is 6.07 Å². The predicted octanol–water partition coefficient (Wildman–Crippen LogP) is 4.31. The summed E-state index contributed by atoms with van der Waals surface area (Å²) in [5.74, 6) is 0.141. The Kier molecular flexibility index (Phi) is 5.11. The molecule has 2 N–H and O–H groups in total. The van der Waals surface area contributed by atoms with Crippen LogP contribution in [-0.4, -0.2) is 16.1 Å². The Hall–Kier alpha value is -3.43. The van der Waals surface area contributed by atoms with Gasteiger partial charge in [-0.1, -0.05) is 11.6 Å². The van der Waals surface area contributed by atoms with Gasteiger partial charge in [0.05, 0.1) is 11.6 Å². The Morgan fingerprint density at radius 2 is 1.85 bits per heavy atom. The van der Waals surface area contributed by atoms with E-state index in [9.17, 15) is 4.79 Å². The first-order valence-electron chi connectivity index (χ1n) is 7.73. The number of aromatic nitrogens is 2. The Labute approximate surface area is 155 Å². The number of amides is 1. The maximum Gasteiger partial charge on any atom is 0.276 e. The first-order valence-corrected chi connectivity index (χ1v) is 8.11. The van der Waals surface area contributed by atoms with Gasteiger partial charge in [-0.2, -0.15) is 5.26 Å². The van der Waals surface area contributed by atoms with Gasteiger partial charge in [-0.25, -0.2) is 0 Å². The van der Waals surface area contributed by atoms with Gasteiger partial charge in [0.1, 0.15) is 0 Å². The van der Waals surface area contributed by atoms with Crippen LogP contribution in [0.15, 0.2) is 54.6 Å². The molecule has 3 rings (SSSR count). The van der Waals surface area contributed by atoms with Crippen LogP contribution >= 0.6 is 11.6 Å². The van der Waals surface area contributed by atoms with E-state index in [1.54, 1.807) is 54.6 Å². The van der Waals surface area contributed by atoms with Crippen LogP contribution in [0.4, 0.5) is 17.2 Å². The van der Waals surface area contributed by atoms with Crippen molar-refractivity contribution in [2.24, 2.45) is 0 Å². The fraction of sp³-hybridized carbons (Fsp3) is 0.0526. The van der Waals surface area contributed by atoms with Crippen LogP contribution in [0.2, 0.25) is 5.02 Å². The predicted molar refractivity (Wildman–Crippen MR) is 101 cm³/mol. The van der Waals surface area contributed by atoms with Gasteiger partial charge in [-0.15, -0.1) is 10.2 Å². The van der Waals surface area contributed by atoms with E-state index in [4.69, 9.17) is 16.9 Å². The molecule has 3 aromatic rings. The van der Waals surface area contributed by atoms with Gasteiger partial charge >= 0.3 is 0 Å². The van der Waals surface area contributed by atoms with Gasteiger partial charge < -0.3 is 10.6 Å². The fourth-order valence-corrected chi connectivity index (χ4v) is 2.48. The highest BCUT2D eigenvalue weighted by atomic mass is 35.5. The SMILES string of the molecule is Cc1cc(Cl)ccc1NC(=O)c1ccc(Nc2ccc(C#N)cc2)nn1. The van der Waals surface area contributed by atoms with E-state index >= 15 is 0 Å². The van der Waals surface area contributed by atoms with Crippen LogP contribution in [0.25, 0.3) is 0 Å². The molecule has 1 heterocycles. The monoisotopic (exact) mass is 363 g/mol. The van der Waals surface area contributed by atoms with Gasteiger partial charge in [0, 0.05) is 16.4 Å². The summed E-state index contributed by atoms with van der Waals surface area (Å²) in [6.07, 6.45) is 0. The molecule has 0 radical (unpaired) electrons. The number of aryl methyl sites for hydroxylation is 1. The first kappa shape index (κ1) is 17.4. The summed E-state index contributed by atoms with van der Waals surface area (Å²) in [6.45, 7) is 1.86. The zero-order valence-electron chi connectivity index (χ0n) is 13.8. The molecule has 6 nitrogen and oxygen atoms in total. The molecule has 0 unspecified atom stereocenters. The van der Waals surface area contributed by atoms with Crippen molar-refractivity contribution in [2.75, 3.05) is 10.6 Å².